The van der Waals surface area contributed by atoms with Gasteiger partial charge in [-0.2, -0.15) is 0 Å². The van der Waals surface area contributed by atoms with Crippen LogP contribution in [0, 0.1) is 0 Å². The third kappa shape index (κ3) is 2.56. The van der Waals surface area contributed by atoms with Gasteiger partial charge in [0.1, 0.15) is 6.10 Å². The first-order valence-electron chi connectivity index (χ1n) is 4.71. The standard InChI is InChI=1S/C9H12ClN3O/c10-8-3-4-9(13-12-8)14-7-2-1-5-11-6-7/h3-4,7,11H,1-2,5-6H2. The minimum atomic E-state index is 0.208. The summed E-state index contributed by atoms with van der Waals surface area (Å²) in [4.78, 5) is 0. The van der Waals surface area contributed by atoms with Crippen molar-refractivity contribution in [1.29, 1.82) is 0 Å². The Morgan fingerprint density at radius 3 is 3.00 bits per heavy atom. The number of piperidine rings is 1. The van der Waals surface area contributed by atoms with E-state index in [1.54, 1.807) is 12.1 Å². The number of halogens is 1. The lowest BCUT2D eigenvalue weighted by Crippen LogP contribution is -2.37. The van der Waals surface area contributed by atoms with Crippen molar-refractivity contribution in [3.05, 3.63) is 17.3 Å². The Bertz CT molecular complexity index is 285. The molecule has 1 N–H and O–H groups in total. The van der Waals surface area contributed by atoms with Gasteiger partial charge in [0.2, 0.25) is 5.88 Å². The van der Waals surface area contributed by atoms with Crippen LogP contribution in [0.3, 0.4) is 0 Å². The summed E-state index contributed by atoms with van der Waals surface area (Å²) in [6.45, 7) is 1.95. The first kappa shape index (κ1) is 9.68. The van der Waals surface area contributed by atoms with Gasteiger partial charge in [0.15, 0.2) is 5.15 Å². The molecule has 0 aliphatic carbocycles. The number of aromatic nitrogens is 2. The fourth-order valence-electron chi connectivity index (χ4n) is 1.46. The van der Waals surface area contributed by atoms with Gasteiger partial charge in [0.05, 0.1) is 0 Å². The van der Waals surface area contributed by atoms with Crippen LogP contribution in [0.4, 0.5) is 0 Å². The second kappa shape index (κ2) is 4.57. The van der Waals surface area contributed by atoms with E-state index in [0.717, 1.165) is 25.9 Å². The summed E-state index contributed by atoms with van der Waals surface area (Å²) < 4.78 is 5.62. The lowest BCUT2D eigenvalue weighted by Gasteiger charge is -2.22. The van der Waals surface area contributed by atoms with Crippen LogP contribution in [0.15, 0.2) is 12.1 Å². The molecule has 5 heteroatoms. The summed E-state index contributed by atoms with van der Waals surface area (Å²) in [5.74, 6) is 0.545. The predicted molar refractivity (Wildman–Crippen MR) is 53.6 cm³/mol. The number of ether oxygens (including phenoxy) is 1. The molecule has 1 atom stereocenters. The Balaban J connectivity index is 1.92. The lowest BCUT2D eigenvalue weighted by molar-refractivity contribution is 0.159. The molecule has 0 spiro atoms. The summed E-state index contributed by atoms with van der Waals surface area (Å²) in [7, 11) is 0. The molecule has 0 radical (unpaired) electrons. The predicted octanol–water partition coefficient (Wildman–Crippen LogP) is 1.26. The summed E-state index contributed by atoms with van der Waals surface area (Å²) in [5, 5.41) is 11.2. The molecule has 1 aliphatic heterocycles. The molecule has 0 bridgehead atoms. The third-order valence-corrected chi connectivity index (χ3v) is 2.35. The first-order chi connectivity index (χ1) is 6.84. The molecule has 4 nitrogen and oxygen atoms in total. The van der Waals surface area contributed by atoms with E-state index >= 15 is 0 Å². The maximum Gasteiger partial charge on any atom is 0.233 e. The Kier molecular flexibility index (Phi) is 3.16. The monoisotopic (exact) mass is 213 g/mol. The largest absolute Gasteiger partial charge is 0.472 e. The zero-order valence-electron chi connectivity index (χ0n) is 7.74. The molecule has 14 heavy (non-hydrogen) atoms. The van der Waals surface area contributed by atoms with Gasteiger partial charge in [-0.3, -0.25) is 0 Å². The van der Waals surface area contributed by atoms with Gasteiger partial charge in [-0.05, 0) is 25.5 Å². The molecule has 1 fully saturated rings. The second-order valence-corrected chi connectivity index (χ2v) is 3.67. The first-order valence-corrected chi connectivity index (χ1v) is 5.09. The van der Waals surface area contributed by atoms with Crippen molar-refractivity contribution in [2.75, 3.05) is 13.1 Å². The molecule has 76 valence electrons. The van der Waals surface area contributed by atoms with Crippen LogP contribution in [-0.2, 0) is 0 Å². The molecule has 1 aliphatic rings. The minimum Gasteiger partial charge on any atom is -0.472 e. The van der Waals surface area contributed by atoms with Gasteiger partial charge in [0.25, 0.3) is 0 Å². The van der Waals surface area contributed by atoms with Gasteiger partial charge in [-0.15, -0.1) is 10.2 Å². The van der Waals surface area contributed by atoms with Crippen molar-refractivity contribution in [1.82, 2.24) is 15.5 Å². The molecule has 2 heterocycles. The van der Waals surface area contributed by atoms with Crippen LogP contribution in [0.25, 0.3) is 0 Å². The van der Waals surface area contributed by atoms with Crippen LogP contribution < -0.4 is 10.1 Å². The smallest absolute Gasteiger partial charge is 0.233 e. The van der Waals surface area contributed by atoms with Crippen molar-refractivity contribution < 1.29 is 4.74 Å². The van der Waals surface area contributed by atoms with E-state index in [9.17, 15) is 0 Å². The normalized spacial score (nSPS) is 21.9. The number of hydrogen-bond donors (Lipinski definition) is 1. The molecular weight excluding hydrogens is 202 g/mol. The minimum absolute atomic E-state index is 0.208. The second-order valence-electron chi connectivity index (χ2n) is 3.28. The van der Waals surface area contributed by atoms with E-state index in [2.05, 4.69) is 15.5 Å². The average Bonchev–Trinajstić information content (AvgIpc) is 2.23. The number of nitrogens with one attached hydrogen (secondary N) is 1. The maximum atomic E-state index is 5.62. The lowest BCUT2D eigenvalue weighted by atomic mass is 10.1. The van der Waals surface area contributed by atoms with E-state index < -0.39 is 0 Å². The highest BCUT2D eigenvalue weighted by Gasteiger charge is 2.14. The highest BCUT2D eigenvalue weighted by Crippen LogP contribution is 2.13. The molecule has 1 saturated heterocycles. The van der Waals surface area contributed by atoms with Gasteiger partial charge in [-0.1, -0.05) is 11.6 Å². The Hall–Kier alpha value is -0.870. The van der Waals surface area contributed by atoms with E-state index in [0.29, 0.717) is 11.0 Å². The Morgan fingerprint density at radius 1 is 1.43 bits per heavy atom. The van der Waals surface area contributed by atoms with E-state index in [1.807, 2.05) is 0 Å². The fourth-order valence-corrected chi connectivity index (χ4v) is 1.56. The molecule has 1 aromatic rings. The van der Waals surface area contributed by atoms with Gasteiger partial charge in [0, 0.05) is 12.6 Å². The zero-order valence-corrected chi connectivity index (χ0v) is 8.50. The van der Waals surface area contributed by atoms with Crippen molar-refractivity contribution in [2.45, 2.75) is 18.9 Å². The summed E-state index contributed by atoms with van der Waals surface area (Å²) >= 11 is 5.61. The molecule has 0 saturated carbocycles. The molecule has 0 aromatic carbocycles. The number of nitrogens with zero attached hydrogens (tertiary/aromatic N) is 2. The van der Waals surface area contributed by atoms with E-state index in [-0.39, 0.29) is 6.10 Å². The van der Waals surface area contributed by atoms with Crippen LogP contribution in [0.2, 0.25) is 5.15 Å². The fraction of sp³-hybridized carbons (Fsp3) is 0.556. The van der Waals surface area contributed by atoms with Crippen LogP contribution in [0.5, 0.6) is 5.88 Å². The van der Waals surface area contributed by atoms with Crippen molar-refractivity contribution in [3.8, 4) is 5.88 Å². The van der Waals surface area contributed by atoms with Crippen LogP contribution in [-0.4, -0.2) is 29.4 Å². The van der Waals surface area contributed by atoms with E-state index in [4.69, 9.17) is 16.3 Å². The highest BCUT2D eigenvalue weighted by atomic mass is 35.5. The van der Waals surface area contributed by atoms with Gasteiger partial charge in [-0.25, -0.2) is 0 Å². The van der Waals surface area contributed by atoms with Crippen molar-refractivity contribution in [2.24, 2.45) is 0 Å². The SMILES string of the molecule is Clc1ccc(OC2CCCNC2)nn1. The van der Waals surface area contributed by atoms with Crippen molar-refractivity contribution >= 4 is 11.6 Å². The molecule has 1 aromatic heterocycles. The zero-order chi connectivity index (χ0) is 9.80. The Labute approximate surface area is 87.6 Å². The highest BCUT2D eigenvalue weighted by molar-refractivity contribution is 6.29. The Morgan fingerprint density at radius 2 is 2.36 bits per heavy atom. The quantitative estimate of drug-likeness (QED) is 0.804. The average molecular weight is 214 g/mol. The van der Waals surface area contributed by atoms with Crippen LogP contribution in [0.1, 0.15) is 12.8 Å². The number of rotatable bonds is 2. The summed E-state index contributed by atoms with van der Waals surface area (Å²) in [5.41, 5.74) is 0. The van der Waals surface area contributed by atoms with Gasteiger partial charge < -0.3 is 10.1 Å². The molecule has 2 rings (SSSR count). The van der Waals surface area contributed by atoms with Crippen LogP contribution >= 0.6 is 11.6 Å². The van der Waals surface area contributed by atoms with E-state index in [1.165, 1.54) is 0 Å². The topological polar surface area (TPSA) is 47.0 Å². The van der Waals surface area contributed by atoms with Gasteiger partial charge >= 0.3 is 0 Å². The molecular formula is C9H12ClN3O. The van der Waals surface area contributed by atoms with Crippen molar-refractivity contribution in [3.63, 3.8) is 0 Å². The molecule has 0 amide bonds. The maximum absolute atomic E-state index is 5.62. The summed E-state index contributed by atoms with van der Waals surface area (Å²) in [6, 6.07) is 3.42. The summed E-state index contributed by atoms with van der Waals surface area (Å²) in [6.07, 6.45) is 2.42. The number of hydrogen-bond acceptors (Lipinski definition) is 4. The third-order valence-electron chi connectivity index (χ3n) is 2.15. The molecule has 1 unspecified atom stereocenters.